The minimum Gasteiger partial charge on any atom is -0.444 e. The van der Waals surface area contributed by atoms with Crippen LogP contribution in [0.4, 0.5) is 17.1 Å². The van der Waals surface area contributed by atoms with Gasteiger partial charge in [-0.15, -0.1) is 0 Å². The van der Waals surface area contributed by atoms with Crippen molar-refractivity contribution in [2.75, 3.05) is 16.8 Å². The number of hydrogen-bond donors (Lipinski definition) is 1. The second kappa shape index (κ2) is 7.28. The van der Waals surface area contributed by atoms with Gasteiger partial charge in [-0.1, -0.05) is 42.5 Å². The van der Waals surface area contributed by atoms with Gasteiger partial charge in [-0.2, -0.15) is 0 Å². The third-order valence-electron chi connectivity index (χ3n) is 5.19. The van der Waals surface area contributed by atoms with Crippen LogP contribution in [0.15, 0.2) is 89.8 Å². The Morgan fingerprint density at radius 3 is 2.48 bits per heavy atom. The molecule has 5 nitrogen and oxygen atoms in total. The molecule has 0 radical (unpaired) electrons. The minimum absolute atomic E-state index is 0.144. The van der Waals surface area contributed by atoms with Gasteiger partial charge in [0.2, 0.25) is 0 Å². The van der Waals surface area contributed by atoms with Crippen LogP contribution in [0.3, 0.4) is 0 Å². The first-order valence-electron chi connectivity index (χ1n) is 9.54. The number of fused-ring (bicyclic) bond motifs is 1. The van der Waals surface area contributed by atoms with Crippen LogP contribution in [0, 0.1) is 0 Å². The molecule has 0 saturated carbocycles. The van der Waals surface area contributed by atoms with Gasteiger partial charge in [-0.05, 0) is 42.3 Å². The average Bonchev–Trinajstić information content (AvgIpc) is 3.45. The maximum absolute atomic E-state index is 12.9. The Hall–Kier alpha value is -3.86. The van der Waals surface area contributed by atoms with E-state index in [1.807, 2.05) is 36.4 Å². The molecule has 1 aliphatic heterocycles. The van der Waals surface area contributed by atoms with Gasteiger partial charge in [0.25, 0.3) is 5.91 Å². The molecule has 5 rings (SSSR count). The van der Waals surface area contributed by atoms with Crippen molar-refractivity contribution in [2.24, 2.45) is 0 Å². The zero-order chi connectivity index (χ0) is 19.6. The van der Waals surface area contributed by atoms with Crippen molar-refractivity contribution < 1.29 is 9.21 Å². The van der Waals surface area contributed by atoms with Gasteiger partial charge in [-0.25, -0.2) is 4.98 Å². The van der Waals surface area contributed by atoms with Crippen molar-refractivity contribution in [1.29, 1.82) is 0 Å². The van der Waals surface area contributed by atoms with Gasteiger partial charge in [0.05, 0.1) is 17.6 Å². The Bertz CT molecular complexity index is 1150. The van der Waals surface area contributed by atoms with E-state index < -0.39 is 0 Å². The highest BCUT2D eigenvalue weighted by Crippen LogP contribution is 2.38. The maximum atomic E-state index is 12.9. The van der Waals surface area contributed by atoms with Crippen LogP contribution in [0.5, 0.6) is 0 Å². The number of nitrogens with one attached hydrogen (secondary N) is 1. The third kappa shape index (κ3) is 3.27. The number of benzene rings is 3. The van der Waals surface area contributed by atoms with E-state index in [2.05, 4.69) is 39.5 Å². The van der Waals surface area contributed by atoms with Gasteiger partial charge < -0.3 is 14.6 Å². The molecule has 142 valence electrons. The first-order chi connectivity index (χ1) is 14.3. The quantitative estimate of drug-likeness (QED) is 0.522. The highest BCUT2D eigenvalue weighted by Gasteiger charge is 2.22. The van der Waals surface area contributed by atoms with Crippen LogP contribution in [0.25, 0.3) is 11.3 Å². The smallest absolute Gasteiger partial charge is 0.255 e. The summed E-state index contributed by atoms with van der Waals surface area (Å²) >= 11 is 0. The lowest BCUT2D eigenvalue weighted by molar-refractivity contribution is 0.102. The maximum Gasteiger partial charge on any atom is 0.255 e. The fourth-order valence-corrected chi connectivity index (χ4v) is 3.74. The summed E-state index contributed by atoms with van der Waals surface area (Å²) in [5.41, 5.74) is 5.80. The average molecular weight is 381 g/mol. The van der Waals surface area contributed by atoms with E-state index in [1.54, 1.807) is 18.3 Å². The SMILES string of the molecule is O=C(Nc1ccccc1N1CCc2ccccc21)c1ccc(-c2cnco2)cc1. The molecule has 5 heteroatoms. The summed E-state index contributed by atoms with van der Waals surface area (Å²) in [6.45, 7) is 0.901. The zero-order valence-corrected chi connectivity index (χ0v) is 15.7. The molecule has 0 bridgehead atoms. The molecule has 0 saturated heterocycles. The van der Waals surface area contributed by atoms with Crippen molar-refractivity contribution in [3.8, 4) is 11.3 Å². The number of oxazole rings is 1. The Balaban J connectivity index is 1.40. The van der Waals surface area contributed by atoms with Crippen molar-refractivity contribution in [1.82, 2.24) is 4.98 Å². The van der Waals surface area contributed by atoms with Crippen LogP contribution >= 0.6 is 0 Å². The van der Waals surface area contributed by atoms with Gasteiger partial charge >= 0.3 is 0 Å². The Morgan fingerprint density at radius 1 is 0.931 bits per heavy atom. The molecule has 4 aromatic rings. The highest BCUT2D eigenvalue weighted by molar-refractivity contribution is 6.06. The lowest BCUT2D eigenvalue weighted by Crippen LogP contribution is -2.18. The van der Waals surface area contributed by atoms with E-state index in [1.165, 1.54) is 17.6 Å². The van der Waals surface area contributed by atoms with Crippen LogP contribution in [-0.2, 0) is 6.42 Å². The molecule has 1 amide bonds. The second-order valence-electron chi connectivity index (χ2n) is 6.94. The topological polar surface area (TPSA) is 58.4 Å². The lowest BCUT2D eigenvalue weighted by atomic mass is 10.1. The number of rotatable bonds is 4. The fraction of sp³-hybridized carbons (Fsp3) is 0.0833. The predicted molar refractivity (Wildman–Crippen MR) is 113 cm³/mol. The van der Waals surface area contributed by atoms with E-state index in [4.69, 9.17) is 4.42 Å². The van der Waals surface area contributed by atoms with E-state index >= 15 is 0 Å². The summed E-state index contributed by atoms with van der Waals surface area (Å²) in [5.74, 6) is 0.532. The van der Waals surface area contributed by atoms with Gasteiger partial charge in [-0.3, -0.25) is 4.79 Å². The second-order valence-corrected chi connectivity index (χ2v) is 6.94. The van der Waals surface area contributed by atoms with Crippen molar-refractivity contribution in [3.05, 3.63) is 96.5 Å². The number of anilines is 3. The normalized spacial score (nSPS) is 12.6. The fourth-order valence-electron chi connectivity index (χ4n) is 3.74. The van der Waals surface area contributed by atoms with E-state index in [-0.39, 0.29) is 5.91 Å². The van der Waals surface area contributed by atoms with Gasteiger partial charge in [0, 0.05) is 23.4 Å². The number of hydrogen-bond acceptors (Lipinski definition) is 4. The molecular weight excluding hydrogens is 362 g/mol. The molecule has 2 heterocycles. The molecule has 1 N–H and O–H groups in total. The first kappa shape index (κ1) is 17.3. The van der Waals surface area contributed by atoms with E-state index in [0.717, 1.165) is 29.9 Å². The van der Waals surface area contributed by atoms with Crippen molar-refractivity contribution in [2.45, 2.75) is 6.42 Å². The Labute approximate surface area is 168 Å². The van der Waals surface area contributed by atoms with Crippen LogP contribution in [0.2, 0.25) is 0 Å². The monoisotopic (exact) mass is 381 g/mol. The van der Waals surface area contributed by atoms with Crippen LogP contribution in [-0.4, -0.2) is 17.4 Å². The van der Waals surface area contributed by atoms with Crippen LogP contribution < -0.4 is 10.2 Å². The predicted octanol–water partition coefficient (Wildman–Crippen LogP) is 5.29. The molecule has 3 aromatic carbocycles. The number of para-hydroxylation sites is 3. The Kier molecular flexibility index (Phi) is 4.33. The highest BCUT2D eigenvalue weighted by atomic mass is 16.3. The molecule has 0 unspecified atom stereocenters. The molecule has 0 spiro atoms. The van der Waals surface area contributed by atoms with E-state index in [9.17, 15) is 4.79 Å². The molecule has 0 fully saturated rings. The molecule has 0 aliphatic carbocycles. The largest absolute Gasteiger partial charge is 0.444 e. The summed E-state index contributed by atoms with van der Waals surface area (Å²) < 4.78 is 5.30. The number of aromatic nitrogens is 1. The molecule has 0 atom stereocenters. The zero-order valence-electron chi connectivity index (χ0n) is 15.7. The summed E-state index contributed by atoms with van der Waals surface area (Å²) in [4.78, 5) is 19.0. The lowest BCUT2D eigenvalue weighted by Gasteiger charge is -2.23. The molecule has 1 aromatic heterocycles. The molecular formula is C24H19N3O2. The van der Waals surface area contributed by atoms with Crippen molar-refractivity contribution >= 4 is 23.0 Å². The first-order valence-corrected chi connectivity index (χ1v) is 9.54. The summed E-state index contributed by atoms with van der Waals surface area (Å²) in [7, 11) is 0. The molecule has 29 heavy (non-hydrogen) atoms. The summed E-state index contributed by atoms with van der Waals surface area (Å²) in [5, 5.41) is 3.07. The minimum atomic E-state index is -0.144. The number of carbonyl (C=O) groups excluding carboxylic acids is 1. The van der Waals surface area contributed by atoms with Gasteiger partial charge in [0.1, 0.15) is 0 Å². The summed E-state index contributed by atoms with van der Waals surface area (Å²) in [6, 6.07) is 23.6. The number of amides is 1. The van der Waals surface area contributed by atoms with Gasteiger partial charge in [0.15, 0.2) is 12.2 Å². The van der Waals surface area contributed by atoms with Crippen LogP contribution in [0.1, 0.15) is 15.9 Å². The standard InChI is InChI=1S/C24H19N3O2/c28-24(19-11-9-18(10-12-19)23-15-25-16-29-23)26-20-6-2-4-8-22(20)27-14-13-17-5-1-3-7-21(17)27/h1-12,15-16H,13-14H2,(H,26,28). The number of nitrogens with zero attached hydrogens (tertiary/aromatic N) is 2. The summed E-state index contributed by atoms with van der Waals surface area (Å²) in [6.07, 6.45) is 4.05. The molecule has 1 aliphatic rings. The Morgan fingerprint density at radius 2 is 1.69 bits per heavy atom. The van der Waals surface area contributed by atoms with E-state index in [0.29, 0.717) is 11.3 Å². The van der Waals surface area contributed by atoms with Crippen molar-refractivity contribution in [3.63, 3.8) is 0 Å². The third-order valence-corrected chi connectivity index (χ3v) is 5.19. The number of carbonyl (C=O) groups is 1.